The van der Waals surface area contributed by atoms with Crippen molar-refractivity contribution in [2.24, 2.45) is 0 Å². The van der Waals surface area contributed by atoms with E-state index in [4.69, 9.17) is 0 Å². The van der Waals surface area contributed by atoms with Gasteiger partial charge in [0.05, 0.1) is 34.9 Å². The fourth-order valence-electron chi connectivity index (χ4n) is 3.33. The minimum atomic E-state index is -4.61. The molecule has 35 heavy (non-hydrogen) atoms. The van der Waals surface area contributed by atoms with Gasteiger partial charge in [0, 0.05) is 17.4 Å². The highest BCUT2D eigenvalue weighted by Crippen LogP contribution is 2.30. The molecule has 0 bridgehead atoms. The predicted molar refractivity (Wildman–Crippen MR) is 122 cm³/mol. The number of hydrogen-bond donors (Lipinski definition) is 2. The first kappa shape index (κ1) is 24.5. The molecule has 1 saturated carbocycles. The Hall–Kier alpha value is -3.61. The Morgan fingerprint density at radius 3 is 2.46 bits per heavy atom. The van der Waals surface area contributed by atoms with Crippen LogP contribution < -0.4 is 10.0 Å². The van der Waals surface area contributed by atoms with E-state index >= 15 is 0 Å². The Balaban J connectivity index is 1.47. The van der Waals surface area contributed by atoms with Crippen LogP contribution in [-0.4, -0.2) is 39.5 Å². The Bertz CT molecular complexity index is 1330. The maximum atomic E-state index is 12.9. The molecule has 2 heterocycles. The van der Waals surface area contributed by atoms with Crippen molar-refractivity contribution in [3.63, 3.8) is 0 Å². The van der Waals surface area contributed by atoms with E-state index in [2.05, 4.69) is 30.0 Å². The topological polar surface area (TPSA) is 127 Å². The molecule has 0 aliphatic heterocycles. The zero-order valence-corrected chi connectivity index (χ0v) is 19.3. The molecule has 1 amide bonds. The SMILES string of the molecule is CCC(C(=O)Nc1ccc(-c2cncc(C(F)(F)F)n2)cc1)c1ccnc(NS(=O)(=O)C2CC2)n1. The van der Waals surface area contributed by atoms with E-state index in [9.17, 15) is 26.4 Å². The van der Waals surface area contributed by atoms with Gasteiger partial charge in [-0.15, -0.1) is 0 Å². The van der Waals surface area contributed by atoms with Crippen LogP contribution in [0.4, 0.5) is 24.8 Å². The molecule has 0 saturated heterocycles. The summed E-state index contributed by atoms with van der Waals surface area (Å²) >= 11 is 0. The zero-order chi connectivity index (χ0) is 25.2. The second-order valence-electron chi connectivity index (χ2n) is 7.97. The fourth-order valence-corrected chi connectivity index (χ4v) is 4.61. The number of carbonyl (C=O) groups excluding carboxylic acids is 1. The molecule has 1 aromatic carbocycles. The van der Waals surface area contributed by atoms with Crippen LogP contribution in [0.25, 0.3) is 11.3 Å². The number of rotatable bonds is 8. The van der Waals surface area contributed by atoms with E-state index in [1.54, 1.807) is 6.92 Å². The molecule has 1 aliphatic carbocycles. The van der Waals surface area contributed by atoms with Crippen molar-refractivity contribution in [1.29, 1.82) is 0 Å². The lowest BCUT2D eigenvalue weighted by molar-refractivity contribution is -0.141. The van der Waals surface area contributed by atoms with Crippen molar-refractivity contribution in [3.8, 4) is 11.3 Å². The molecule has 1 atom stereocenters. The number of alkyl halides is 3. The second kappa shape index (κ2) is 9.56. The standard InChI is InChI=1S/C22H21F3N6O3S/c1-2-16(17-9-10-27-21(30-17)31-35(33,34)15-7-8-15)20(32)28-14-5-3-13(4-6-14)18-11-26-12-19(29-18)22(23,24)25/h3-6,9-12,15-16H,2,7-8H2,1H3,(H,28,32)(H,27,30,31). The number of aromatic nitrogens is 4. The molecular weight excluding hydrogens is 485 g/mol. The van der Waals surface area contributed by atoms with Gasteiger partial charge in [-0.25, -0.2) is 23.4 Å². The van der Waals surface area contributed by atoms with E-state index in [0.29, 0.717) is 42.4 Å². The number of halogens is 3. The van der Waals surface area contributed by atoms with Crippen molar-refractivity contribution >= 4 is 27.6 Å². The van der Waals surface area contributed by atoms with E-state index in [-0.39, 0.29) is 17.5 Å². The van der Waals surface area contributed by atoms with Crippen LogP contribution in [0.3, 0.4) is 0 Å². The highest BCUT2D eigenvalue weighted by molar-refractivity contribution is 7.93. The first-order valence-corrected chi connectivity index (χ1v) is 12.3. The largest absolute Gasteiger partial charge is 0.434 e. The number of hydrogen-bond acceptors (Lipinski definition) is 7. The average molecular weight is 507 g/mol. The third-order valence-corrected chi connectivity index (χ3v) is 7.14. The fraction of sp³-hybridized carbons (Fsp3) is 0.318. The summed E-state index contributed by atoms with van der Waals surface area (Å²) in [4.78, 5) is 28.3. The van der Waals surface area contributed by atoms with E-state index in [1.807, 2.05) is 0 Å². The molecular formula is C22H21F3N6O3S. The maximum absolute atomic E-state index is 12.9. The van der Waals surface area contributed by atoms with E-state index in [1.165, 1.54) is 42.7 Å². The number of nitrogens with one attached hydrogen (secondary N) is 2. The molecule has 1 fully saturated rings. The van der Waals surface area contributed by atoms with Crippen molar-refractivity contribution < 1.29 is 26.4 Å². The third kappa shape index (κ3) is 5.91. The van der Waals surface area contributed by atoms with Crippen LogP contribution in [0.2, 0.25) is 0 Å². The molecule has 9 nitrogen and oxygen atoms in total. The predicted octanol–water partition coefficient (Wildman–Crippen LogP) is 3.99. The van der Waals surface area contributed by atoms with Crippen molar-refractivity contribution in [2.75, 3.05) is 10.0 Å². The Morgan fingerprint density at radius 1 is 1.11 bits per heavy atom. The molecule has 1 aliphatic rings. The molecule has 3 aromatic rings. The summed E-state index contributed by atoms with van der Waals surface area (Å²) in [6.07, 6.45) is 0.217. The zero-order valence-electron chi connectivity index (χ0n) is 18.5. The summed E-state index contributed by atoms with van der Waals surface area (Å²) in [5.74, 6) is -1.16. The molecule has 0 spiro atoms. The van der Waals surface area contributed by atoms with E-state index in [0.717, 1.165) is 0 Å². The number of amides is 1. The number of sulfonamides is 1. The van der Waals surface area contributed by atoms with Crippen LogP contribution in [0, 0.1) is 0 Å². The highest BCUT2D eigenvalue weighted by atomic mass is 32.2. The van der Waals surface area contributed by atoms with Crippen LogP contribution in [0.5, 0.6) is 0 Å². The molecule has 1 unspecified atom stereocenters. The number of anilines is 2. The molecule has 184 valence electrons. The van der Waals surface area contributed by atoms with Gasteiger partial charge in [0.1, 0.15) is 0 Å². The Morgan fingerprint density at radius 2 is 1.83 bits per heavy atom. The summed E-state index contributed by atoms with van der Waals surface area (Å²) in [5, 5.41) is 2.31. The highest BCUT2D eigenvalue weighted by Gasteiger charge is 2.36. The smallest absolute Gasteiger partial charge is 0.326 e. The van der Waals surface area contributed by atoms with Crippen molar-refractivity contribution in [3.05, 3.63) is 60.3 Å². The molecule has 13 heteroatoms. The quantitative estimate of drug-likeness (QED) is 0.473. The first-order valence-electron chi connectivity index (χ1n) is 10.7. The minimum Gasteiger partial charge on any atom is -0.326 e. The normalized spacial score (nSPS) is 14.9. The van der Waals surface area contributed by atoms with Gasteiger partial charge in [0.2, 0.25) is 21.9 Å². The van der Waals surface area contributed by atoms with E-state index < -0.39 is 33.1 Å². The lowest BCUT2D eigenvalue weighted by Gasteiger charge is -2.16. The van der Waals surface area contributed by atoms with Crippen LogP contribution in [0.1, 0.15) is 43.5 Å². The maximum Gasteiger partial charge on any atom is 0.434 e. The molecule has 2 aromatic heterocycles. The summed E-state index contributed by atoms with van der Waals surface area (Å²) < 4.78 is 65.3. The second-order valence-corrected chi connectivity index (χ2v) is 9.93. The lowest BCUT2D eigenvalue weighted by atomic mass is 10.0. The molecule has 2 N–H and O–H groups in total. The Kier molecular flexibility index (Phi) is 6.70. The van der Waals surface area contributed by atoms with Gasteiger partial charge in [-0.3, -0.25) is 14.5 Å². The number of benzene rings is 1. The Labute approximate surface area is 199 Å². The first-order chi connectivity index (χ1) is 16.6. The number of nitrogens with zero attached hydrogens (tertiary/aromatic N) is 4. The minimum absolute atomic E-state index is 0.0475. The van der Waals surface area contributed by atoms with Gasteiger partial charge in [-0.1, -0.05) is 19.1 Å². The monoisotopic (exact) mass is 506 g/mol. The molecule has 0 radical (unpaired) electrons. The lowest BCUT2D eigenvalue weighted by Crippen LogP contribution is -2.23. The van der Waals surface area contributed by atoms with Gasteiger partial charge in [0.15, 0.2) is 5.69 Å². The third-order valence-electron chi connectivity index (χ3n) is 5.33. The van der Waals surface area contributed by atoms with Crippen LogP contribution in [0.15, 0.2) is 48.9 Å². The van der Waals surface area contributed by atoms with Gasteiger partial charge < -0.3 is 5.32 Å². The van der Waals surface area contributed by atoms with Gasteiger partial charge in [-0.2, -0.15) is 13.2 Å². The summed E-state index contributed by atoms with van der Waals surface area (Å²) in [5.41, 5.74) is 0.121. The van der Waals surface area contributed by atoms with Crippen molar-refractivity contribution in [1.82, 2.24) is 19.9 Å². The van der Waals surface area contributed by atoms with Crippen LogP contribution >= 0.6 is 0 Å². The van der Waals surface area contributed by atoms with Crippen LogP contribution in [-0.2, 0) is 21.0 Å². The average Bonchev–Trinajstić information content (AvgIpc) is 3.66. The van der Waals surface area contributed by atoms with Gasteiger partial charge in [-0.05, 0) is 37.5 Å². The summed E-state index contributed by atoms with van der Waals surface area (Å²) in [7, 11) is -3.54. The van der Waals surface area contributed by atoms with Gasteiger partial charge >= 0.3 is 6.18 Å². The number of carbonyl (C=O) groups is 1. The van der Waals surface area contributed by atoms with Gasteiger partial charge in [0.25, 0.3) is 0 Å². The summed E-state index contributed by atoms with van der Waals surface area (Å²) in [6.45, 7) is 1.79. The molecule has 4 rings (SSSR count). The summed E-state index contributed by atoms with van der Waals surface area (Å²) in [6, 6.07) is 7.67. The van der Waals surface area contributed by atoms with Crippen molar-refractivity contribution in [2.45, 2.75) is 43.5 Å².